The number of benzene rings is 2. The molecule has 0 radical (unpaired) electrons. The van der Waals surface area contributed by atoms with Gasteiger partial charge in [0.1, 0.15) is 0 Å². The molecule has 0 fully saturated rings. The Morgan fingerprint density at radius 1 is 1.07 bits per heavy atom. The van der Waals surface area contributed by atoms with Gasteiger partial charge in [0.25, 0.3) is 5.91 Å². The van der Waals surface area contributed by atoms with Crippen LogP contribution in [0.1, 0.15) is 15.9 Å². The van der Waals surface area contributed by atoms with Crippen LogP contribution >= 0.6 is 23.2 Å². The number of nitrogens with one attached hydrogen (secondary N) is 3. The number of carbonyl (C=O) groups is 2. The van der Waals surface area contributed by atoms with Gasteiger partial charge in [-0.2, -0.15) is 18.6 Å². The number of aryl methyl sites for hydroxylation is 1. The summed E-state index contributed by atoms with van der Waals surface area (Å²) < 4.78 is 46.3. The van der Waals surface area contributed by atoms with Crippen LogP contribution in [0.15, 0.2) is 42.5 Å². The summed E-state index contributed by atoms with van der Waals surface area (Å²) in [5.74, 6) is -3.06. The summed E-state index contributed by atoms with van der Waals surface area (Å²) in [5.41, 5.74) is 1.10. The fraction of sp³-hybridized carbons (Fsp3) is 0.222. The number of hydrogen-bond acceptors (Lipinski definition) is 5. The average molecular weight is 450 g/mol. The summed E-state index contributed by atoms with van der Waals surface area (Å²) in [5, 5.41) is 1.64. The monoisotopic (exact) mass is 449 g/mol. The van der Waals surface area contributed by atoms with Crippen molar-refractivity contribution in [2.24, 2.45) is 0 Å². The summed E-state index contributed by atoms with van der Waals surface area (Å²) in [6, 6.07) is 9.98. The fourth-order valence-corrected chi connectivity index (χ4v) is 2.82. The number of methoxy groups -OCH3 is 1. The molecule has 0 saturated carbocycles. The standard InChI is InChI=1S/C18H16Cl2F3N3O3/c1-10-5-3-4-6-14(10)25-26-17(16(28)29-2,18(21,22)23)24-15(27)12-8-7-11(19)9-13(12)20/h3-9,25-26H,1-2H3,(H,24,27)/t17-/m1/s1. The molecule has 156 valence electrons. The van der Waals surface area contributed by atoms with Crippen molar-refractivity contribution in [3.8, 4) is 0 Å². The zero-order valence-corrected chi connectivity index (χ0v) is 16.7. The third-order valence-electron chi connectivity index (χ3n) is 3.92. The van der Waals surface area contributed by atoms with E-state index in [1.807, 2.05) is 5.43 Å². The second kappa shape index (κ2) is 8.89. The van der Waals surface area contributed by atoms with Crippen molar-refractivity contribution in [3.63, 3.8) is 0 Å². The number of ether oxygens (including phenoxy) is 1. The Labute approximate surface area is 174 Å². The van der Waals surface area contributed by atoms with Gasteiger partial charge in [0.15, 0.2) is 0 Å². The summed E-state index contributed by atoms with van der Waals surface area (Å²) in [6.07, 6.45) is -5.29. The molecule has 0 aliphatic heterocycles. The van der Waals surface area contributed by atoms with Crippen molar-refractivity contribution in [1.29, 1.82) is 0 Å². The van der Waals surface area contributed by atoms with E-state index in [1.165, 1.54) is 18.2 Å². The molecule has 0 aliphatic rings. The predicted molar refractivity (Wildman–Crippen MR) is 103 cm³/mol. The first-order chi connectivity index (χ1) is 13.5. The number of halogens is 5. The Morgan fingerprint density at radius 2 is 1.72 bits per heavy atom. The van der Waals surface area contributed by atoms with Gasteiger partial charge < -0.3 is 15.5 Å². The lowest BCUT2D eigenvalue weighted by Gasteiger charge is -2.34. The molecule has 0 spiro atoms. The van der Waals surface area contributed by atoms with Crippen LogP contribution in [0.25, 0.3) is 0 Å². The Morgan fingerprint density at radius 3 is 2.28 bits per heavy atom. The lowest BCUT2D eigenvalue weighted by atomic mass is 10.1. The maximum absolute atomic E-state index is 14.0. The lowest BCUT2D eigenvalue weighted by Crippen LogP contribution is -2.73. The van der Waals surface area contributed by atoms with Crippen LogP contribution in [0, 0.1) is 6.92 Å². The number of para-hydroxylation sites is 1. The Balaban J connectivity index is 2.44. The highest BCUT2D eigenvalue weighted by Gasteiger charge is 2.63. The highest BCUT2D eigenvalue weighted by molar-refractivity contribution is 6.36. The van der Waals surface area contributed by atoms with E-state index in [0.29, 0.717) is 5.56 Å². The molecule has 3 N–H and O–H groups in total. The predicted octanol–water partition coefficient (Wildman–Crippen LogP) is 4.08. The molecular formula is C18H16Cl2F3N3O3. The van der Waals surface area contributed by atoms with Crippen molar-refractivity contribution in [2.75, 3.05) is 12.5 Å². The summed E-state index contributed by atoms with van der Waals surface area (Å²) in [4.78, 5) is 24.7. The number of rotatable bonds is 6. The van der Waals surface area contributed by atoms with Gasteiger partial charge in [0, 0.05) is 5.02 Å². The third-order valence-corrected chi connectivity index (χ3v) is 4.47. The van der Waals surface area contributed by atoms with Crippen molar-refractivity contribution >= 4 is 40.8 Å². The SMILES string of the molecule is COC(=O)[C@](NNc1ccccc1C)(NC(=O)c1ccc(Cl)cc1Cl)C(F)(F)F. The highest BCUT2D eigenvalue weighted by Crippen LogP contribution is 2.31. The van der Waals surface area contributed by atoms with Gasteiger partial charge in [0.2, 0.25) is 0 Å². The quantitative estimate of drug-likeness (QED) is 0.351. The number of carbonyl (C=O) groups excluding carboxylic acids is 2. The molecule has 1 atom stereocenters. The number of amides is 1. The highest BCUT2D eigenvalue weighted by atomic mass is 35.5. The second-order valence-electron chi connectivity index (χ2n) is 5.88. The molecule has 0 heterocycles. The van der Waals surface area contributed by atoms with E-state index < -0.39 is 23.7 Å². The molecule has 11 heteroatoms. The van der Waals surface area contributed by atoms with E-state index in [1.54, 1.807) is 30.4 Å². The third kappa shape index (κ3) is 4.92. The average Bonchev–Trinajstić information content (AvgIpc) is 2.64. The molecule has 2 rings (SSSR count). The number of hydrogen-bond donors (Lipinski definition) is 3. The second-order valence-corrected chi connectivity index (χ2v) is 6.73. The van der Waals surface area contributed by atoms with Crippen molar-refractivity contribution in [1.82, 2.24) is 10.7 Å². The first-order valence-corrected chi connectivity index (χ1v) is 8.79. The molecule has 2 aromatic rings. The van der Waals surface area contributed by atoms with Gasteiger partial charge in [-0.25, -0.2) is 4.79 Å². The molecule has 0 saturated heterocycles. The smallest absolute Gasteiger partial charge is 0.438 e. The van der Waals surface area contributed by atoms with Crippen LogP contribution in [0.5, 0.6) is 0 Å². The zero-order valence-electron chi connectivity index (χ0n) is 15.2. The molecule has 0 aromatic heterocycles. The normalized spacial score (nSPS) is 13.3. The van der Waals surface area contributed by atoms with Gasteiger partial charge in [-0.3, -0.25) is 4.79 Å². The van der Waals surface area contributed by atoms with E-state index in [-0.39, 0.29) is 21.3 Å². The van der Waals surface area contributed by atoms with Crippen LogP contribution < -0.4 is 16.2 Å². The Hall–Kier alpha value is -2.49. The summed E-state index contributed by atoms with van der Waals surface area (Å²) in [6.45, 7) is 1.64. The largest absolute Gasteiger partial charge is 0.466 e. The van der Waals surface area contributed by atoms with Gasteiger partial charge in [0.05, 0.1) is 23.4 Å². The first-order valence-electron chi connectivity index (χ1n) is 8.03. The van der Waals surface area contributed by atoms with Crippen LogP contribution in [0.3, 0.4) is 0 Å². The molecule has 0 bridgehead atoms. The minimum Gasteiger partial charge on any atom is -0.466 e. The molecule has 0 unspecified atom stereocenters. The number of esters is 1. The zero-order chi connectivity index (χ0) is 21.8. The van der Waals surface area contributed by atoms with Gasteiger partial charge in [-0.15, -0.1) is 0 Å². The molecule has 1 amide bonds. The van der Waals surface area contributed by atoms with Gasteiger partial charge in [-0.1, -0.05) is 41.4 Å². The van der Waals surface area contributed by atoms with Crippen molar-refractivity contribution in [2.45, 2.75) is 18.8 Å². The van der Waals surface area contributed by atoms with Gasteiger partial charge in [-0.05, 0) is 36.8 Å². The molecule has 29 heavy (non-hydrogen) atoms. The molecular weight excluding hydrogens is 434 g/mol. The minimum absolute atomic E-state index is 0.181. The van der Waals surface area contributed by atoms with Crippen LogP contribution in [0.2, 0.25) is 10.0 Å². The van der Waals surface area contributed by atoms with E-state index in [0.717, 1.165) is 13.2 Å². The maximum atomic E-state index is 14.0. The molecule has 2 aromatic carbocycles. The molecule has 6 nitrogen and oxygen atoms in total. The maximum Gasteiger partial charge on any atom is 0.438 e. The van der Waals surface area contributed by atoms with Crippen molar-refractivity contribution in [3.05, 3.63) is 63.6 Å². The number of hydrazine groups is 1. The molecule has 0 aliphatic carbocycles. The minimum atomic E-state index is -5.29. The van der Waals surface area contributed by atoms with Crippen LogP contribution in [-0.2, 0) is 9.53 Å². The van der Waals surface area contributed by atoms with E-state index >= 15 is 0 Å². The van der Waals surface area contributed by atoms with Gasteiger partial charge >= 0.3 is 17.8 Å². The van der Waals surface area contributed by atoms with Crippen molar-refractivity contribution < 1.29 is 27.5 Å². The topological polar surface area (TPSA) is 79.5 Å². The van der Waals surface area contributed by atoms with E-state index in [2.05, 4.69) is 10.2 Å². The Bertz CT molecular complexity index is 925. The van der Waals surface area contributed by atoms with E-state index in [9.17, 15) is 22.8 Å². The first kappa shape index (κ1) is 22.8. The van der Waals surface area contributed by atoms with E-state index in [4.69, 9.17) is 23.2 Å². The van der Waals surface area contributed by atoms with Crippen LogP contribution in [0.4, 0.5) is 18.9 Å². The summed E-state index contributed by atoms with van der Waals surface area (Å²) >= 11 is 11.6. The number of alkyl halides is 3. The fourth-order valence-electron chi connectivity index (χ4n) is 2.33. The summed E-state index contributed by atoms with van der Waals surface area (Å²) in [7, 11) is 0.764. The Kier molecular flexibility index (Phi) is 6.99. The van der Waals surface area contributed by atoms with Crippen LogP contribution in [-0.4, -0.2) is 30.8 Å². The number of anilines is 1. The lowest BCUT2D eigenvalue weighted by molar-refractivity contribution is -0.215.